The van der Waals surface area contributed by atoms with E-state index in [1.807, 2.05) is 0 Å². The molecule has 17 heavy (non-hydrogen) atoms. The van der Waals surface area contributed by atoms with Gasteiger partial charge in [-0.05, 0) is 24.7 Å². The second-order valence-electron chi connectivity index (χ2n) is 3.18. The van der Waals surface area contributed by atoms with Gasteiger partial charge in [0.15, 0.2) is 0 Å². The summed E-state index contributed by atoms with van der Waals surface area (Å²) in [6.07, 6.45) is -4.79. The molecule has 0 bridgehead atoms. The van der Waals surface area contributed by atoms with Crippen molar-refractivity contribution in [3.63, 3.8) is 0 Å². The Bertz CT molecular complexity index is 406. The molecule has 0 radical (unpaired) electrons. The van der Waals surface area contributed by atoms with E-state index in [1.54, 1.807) is 0 Å². The lowest BCUT2D eigenvalue weighted by Crippen LogP contribution is -2.25. The highest BCUT2D eigenvalue weighted by Crippen LogP contribution is 2.25. The van der Waals surface area contributed by atoms with Gasteiger partial charge in [-0.25, -0.2) is 0 Å². The zero-order valence-electron chi connectivity index (χ0n) is 8.78. The summed E-state index contributed by atoms with van der Waals surface area (Å²) in [6, 6.07) is 3.75. The van der Waals surface area contributed by atoms with E-state index in [0.717, 1.165) is 12.1 Å². The number of hydrogen-bond acceptors (Lipinski definition) is 3. The van der Waals surface area contributed by atoms with Crippen LogP contribution in [0, 0.1) is 0 Å². The van der Waals surface area contributed by atoms with Crippen LogP contribution in [0.25, 0.3) is 0 Å². The highest BCUT2D eigenvalue weighted by atomic mass is 19.4. The Morgan fingerprint density at radius 1 is 1.47 bits per heavy atom. The van der Waals surface area contributed by atoms with Crippen LogP contribution in [-0.2, 0) is 4.79 Å². The molecule has 7 heteroatoms. The van der Waals surface area contributed by atoms with Crippen molar-refractivity contribution in [1.82, 2.24) is 5.32 Å². The van der Waals surface area contributed by atoms with Crippen LogP contribution in [0.4, 0.5) is 13.2 Å². The normalized spacial score (nSPS) is 13.2. The van der Waals surface area contributed by atoms with Crippen LogP contribution < -0.4 is 10.1 Å². The summed E-state index contributed by atoms with van der Waals surface area (Å²) in [5.41, 5.74) is 0.182. The maximum absolute atomic E-state index is 12.0. The lowest BCUT2D eigenvalue weighted by molar-refractivity contribution is -0.274. The zero-order valence-corrected chi connectivity index (χ0v) is 8.78. The number of nitrogens with one attached hydrogen (secondary N) is 1. The largest absolute Gasteiger partial charge is 0.573 e. The summed E-state index contributed by atoms with van der Waals surface area (Å²) in [7, 11) is 1.40. The average Bonchev–Trinajstić information content (AvgIpc) is 2.15. The summed E-state index contributed by atoms with van der Waals surface area (Å²) in [5.74, 6) is -1.63. The van der Waals surface area contributed by atoms with E-state index in [1.165, 1.54) is 19.2 Å². The molecule has 1 aromatic carbocycles. The van der Waals surface area contributed by atoms with Crippen LogP contribution >= 0.6 is 0 Å². The molecule has 0 amide bonds. The maximum Gasteiger partial charge on any atom is 0.573 e. The monoisotopic (exact) mass is 249 g/mol. The summed E-state index contributed by atoms with van der Waals surface area (Å²) >= 11 is 0. The van der Waals surface area contributed by atoms with Crippen molar-refractivity contribution in [2.24, 2.45) is 0 Å². The fourth-order valence-electron chi connectivity index (χ4n) is 1.32. The van der Waals surface area contributed by atoms with Crippen LogP contribution in [0.15, 0.2) is 24.3 Å². The van der Waals surface area contributed by atoms with Crippen molar-refractivity contribution in [3.05, 3.63) is 29.8 Å². The zero-order chi connectivity index (χ0) is 13.1. The second-order valence-corrected chi connectivity index (χ2v) is 3.18. The summed E-state index contributed by atoms with van der Waals surface area (Å²) < 4.78 is 39.6. The van der Waals surface area contributed by atoms with E-state index < -0.39 is 24.1 Å². The quantitative estimate of drug-likeness (QED) is 0.856. The lowest BCUT2D eigenvalue weighted by atomic mass is 10.1. The molecule has 0 aliphatic heterocycles. The third-order valence-corrected chi connectivity index (χ3v) is 1.96. The number of benzene rings is 1. The molecule has 1 unspecified atom stereocenters. The van der Waals surface area contributed by atoms with E-state index in [4.69, 9.17) is 5.11 Å². The number of halogens is 3. The van der Waals surface area contributed by atoms with Crippen molar-refractivity contribution in [2.45, 2.75) is 12.4 Å². The third-order valence-electron chi connectivity index (χ3n) is 1.96. The number of hydrogen-bond donors (Lipinski definition) is 2. The van der Waals surface area contributed by atoms with E-state index in [2.05, 4.69) is 10.1 Å². The van der Waals surface area contributed by atoms with Gasteiger partial charge >= 0.3 is 12.3 Å². The molecule has 1 rings (SSSR count). The number of ether oxygens (including phenoxy) is 1. The van der Waals surface area contributed by atoms with Crippen molar-refractivity contribution in [1.29, 1.82) is 0 Å². The van der Waals surface area contributed by atoms with E-state index in [-0.39, 0.29) is 5.56 Å². The smallest absolute Gasteiger partial charge is 0.480 e. The van der Waals surface area contributed by atoms with Crippen LogP contribution in [0.1, 0.15) is 11.6 Å². The third kappa shape index (κ3) is 3.95. The number of aliphatic carboxylic acids is 1. The number of carboxylic acid groups (broad SMARTS) is 1. The number of rotatable bonds is 4. The second kappa shape index (κ2) is 5.05. The number of carbonyl (C=O) groups is 1. The first-order valence-corrected chi connectivity index (χ1v) is 4.59. The molecule has 0 spiro atoms. The van der Waals surface area contributed by atoms with Gasteiger partial charge in [-0.2, -0.15) is 0 Å². The highest BCUT2D eigenvalue weighted by Gasteiger charge is 2.31. The molecule has 2 N–H and O–H groups in total. The van der Waals surface area contributed by atoms with E-state index >= 15 is 0 Å². The van der Waals surface area contributed by atoms with Crippen molar-refractivity contribution in [2.75, 3.05) is 7.05 Å². The summed E-state index contributed by atoms with van der Waals surface area (Å²) in [6.45, 7) is 0. The Labute approximate surface area is 95.0 Å². The molecule has 0 aliphatic carbocycles. The molecule has 4 nitrogen and oxygen atoms in total. The first kappa shape index (κ1) is 13.3. The first-order chi connectivity index (χ1) is 7.83. The van der Waals surface area contributed by atoms with Gasteiger partial charge in [-0.1, -0.05) is 12.1 Å². The minimum Gasteiger partial charge on any atom is -0.480 e. The predicted molar refractivity (Wildman–Crippen MR) is 52.6 cm³/mol. The molecule has 0 heterocycles. The van der Waals surface area contributed by atoms with Crippen LogP contribution in [0.2, 0.25) is 0 Å². The number of carboxylic acids is 1. The van der Waals surface area contributed by atoms with Gasteiger partial charge in [-0.3, -0.25) is 4.79 Å². The minimum atomic E-state index is -4.79. The van der Waals surface area contributed by atoms with Gasteiger partial charge in [0.2, 0.25) is 0 Å². The van der Waals surface area contributed by atoms with Crippen LogP contribution in [-0.4, -0.2) is 24.5 Å². The van der Waals surface area contributed by atoms with E-state index in [9.17, 15) is 18.0 Å². The summed E-state index contributed by atoms with van der Waals surface area (Å²) in [5, 5.41) is 11.3. The van der Waals surface area contributed by atoms with Gasteiger partial charge in [0.1, 0.15) is 11.8 Å². The Morgan fingerprint density at radius 3 is 2.59 bits per heavy atom. The molecule has 0 fully saturated rings. The maximum atomic E-state index is 12.0. The Hall–Kier alpha value is -1.76. The van der Waals surface area contributed by atoms with Crippen molar-refractivity contribution >= 4 is 5.97 Å². The van der Waals surface area contributed by atoms with Crippen molar-refractivity contribution < 1.29 is 27.8 Å². The van der Waals surface area contributed by atoms with Crippen LogP contribution in [0.5, 0.6) is 5.75 Å². The van der Waals surface area contributed by atoms with E-state index in [0.29, 0.717) is 0 Å². The van der Waals surface area contributed by atoms with Gasteiger partial charge in [-0.15, -0.1) is 13.2 Å². The minimum absolute atomic E-state index is 0.182. The Kier molecular flexibility index (Phi) is 3.95. The van der Waals surface area contributed by atoms with Crippen molar-refractivity contribution in [3.8, 4) is 5.75 Å². The molecule has 0 saturated carbocycles. The molecule has 1 atom stereocenters. The average molecular weight is 249 g/mol. The highest BCUT2D eigenvalue weighted by molar-refractivity contribution is 5.75. The number of alkyl halides is 3. The van der Waals surface area contributed by atoms with Crippen LogP contribution in [0.3, 0.4) is 0 Å². The van der Waals surface area contributed by atoms with Gasteiger partial charge in [0, 0.05) is 0 Å². The Balaban J connectivity index is 2.96. The Morgan fingerprint density at radius 2 is 2.12 bits per heavy atom. The summed E-state index contributed by atoms with van der Waals surface area (Å²) in [4.78, 5) is 10.8. The molecular formula is C10H10F3NO3. The molecule has 94 valence electrons. The fourth-order valence-corrected chi connectivity index (χ4v) is 1.32. The lowest BCUT2D eigenvalue weighted by Gasteiger charge is -2.14. The topological polar surface area (TPSA) is 58.6 Å². The molecular weight excluding hydrogens is 239 g/mol. The molecule has 0 aliphatic rings. The van der Waals surface area contributed by atoms with Gasteiger partial charge in [0.25, 0.3) is 0 Å². The standard InChI is InChI=1S/C10H10F3NO3/c1-14-8(9(15)16)6-3-2-4-7(5-6)17-10(11,12)13/h2-5,8,14H,1H3,(H,15,16). The molecule has 0 aromatic heterocycles. The number of likely N-dealkylation sites (N-methyl/N-ethyl adjacent to an activating group) is 1. The molecule has 1 aromatic rings. The molecule has 0 saturated heterocycles. The predicted octanol–water partition coefficient (Wildman–Crippen LogP) is 1.93. The SMILES string of the molecule is CNC(C(=O)O)c1cccc(OC(F)(F)F)c1. The first-order valence-electron chi connectivity index (χ1n) is 4.59. The van der Waals surface area contributed by atoms with Gasteiger partial charge in [0.05, 0.1) is 0 Å². The van der Waals surface area contributed by atoms with Gasteiger partial charge < -0.3 is 15.2 Å². The fraction of sp³-hybridized carbons (Fsp3) is 0.300.